The normalized spacial score (nSPS) is 20.0. The lowest BCUT2D eigenvalue weighted by Crippen LogP contribution is -1.47. The molecule has 0 radical (unpaired) electrons. The molecule has 0 heterocycles. The summed E-state index contributed by atoms with van der Waals surface area (Å²) in [4.78, 5) is 0. The third kappa shape index (κ3) is 1.81. The van der Waals surface area contributed by atoms with Crippen LogP contribution < -0.4 is 0 Å². The predicted octanol–water partition coefficient (Wildman–Crippen LogP) is 2.53. The van der Waals surface area contributed by atoms with E-state index in [1.54, 1.807) is 0 Å². The van der Waals surface area contributed by atoms with Gasteiger partial charge in [0.25, 0.3) is 0 Å². The van der Waals surface area contributed by atoms with E-state index in [2.05, 4.69) is 0 Å². The van der Waals surface area contributed by atoms with Crippen LogP contribution in [0.1, 0.15) is 32.1 Å². The van der Waals surface area contributed by atoms with Crippen LogP contribution in [0.2, 0.25) is 0 Å². The molecule has 38 valence electrons. The van der Waals surface area contributed by atoms with E-state index < -0.39 is 0 Å². The second-order valence-electron chi connectivity index (χ2n) is 1.77. The Kier molecular flexibility index (Phi) is 3.96. The van der Waals surface area contributed by atoms with E-state index in [-0.39, 0.29) is 17.0 Å². The van der Waals surface area contributed by atoms with Gasteiger partial charge in [-0.25, -0.2) is 0 Å². The van der Waals surface area contributed by atoms with Crippen molar-refractivity contribution in [3.63, 3.8) is 0 Å². The van der Waals surface area contributed by atoms with E-state index >= 15 is 0 Å². The molecule has 0 nitrogen and oxygen atoms in total. The summed E-state index contributed by atoms with van der Waals surface area (Å²) in [5.41, 5.74) is 0. The Balaban J connectivity index is 0.000000250. The highest BCUT2D eigenvalue weighted by Gasteiger charge is 1.95. The summed E-state index contributed by atoms with van der Waals surface area (Å²) in [7, 11) is 0. The van der Waals surface area contributed by atoms with Crippen molar-refractivity contribution in [2.45, 2.75) is 32.1 Å². The quantitative estimate of drug-likeness (QED) is 0.499. The molecule has 0 unspecified atom stereocenters. The highest BCUT2D eigenvalue weighted by molar-refractivity contribution is 8.93. The first kappa shape index (κ1) is 6.48. The minimum Gasteiger partial charge on any atom is -0.114 e. The van der Waals surface area contributed by atoms with E-state index in [4.69, 9.17) is 0 Å². The molecule has 0 atom stereocenters. The average Bonchev–Trinajstić information content (AvgIpc) is 1.76. The second-order valence-corrected chi connectivity index (χ2v) is 1.77. The third-order valence-corrected chi connectivity index (χ3v) is 1.25. The Morgan fingerprint density at radius 3 is 0.833 bits per heavy atom. The zero-order valence-corrected chi connectivity index (χ0v) is 5.66. The van der Waals surface area contributed by atoms with Gasteiger partial charge in [0.1, 0.15) is 0 Å². The third-order valence-electron chi connectivity index (χ3n) is 1.25. The topological polar surface area (TPSA) is 0 Å². The van der Waals surface area contributed by atoms with Gasteiger partial charge in [0.2, 0.25) is 0 Å². The van der Waals surface area contributed by atoms with E-state index in [1.807, 2.05) is 0 Å². The van der Waals surface area contributed by atoms with Crippen molar-refractivity contribution in [1.29, 1.82) is 0 Å². The molecule has 0 aromatic heterocycles. The molecule has 0 aromatic carbocycles. The standard InChI is InChI=1S/C5H10.BrH/c1-2-4-5-3-1;/h1-5H2;1H. The van der Waals surface area contributed by atoms with Crippen LogP contribution in [-0.2, 0) is 0 Å². The number of rotatable bonds is 0. The molecule has 1 aliphatic carbocycles. The van der Waals surface area contributed by atoms with Gasteiger partial charge in [-0.05, 0) is 0 Å². The van der Waals surface area contributed by atoms with Crippen LogP contribution in [0.25, 0.3) is 0 Å². The van der Waals surface area contributed by atoms with Crippen molar-refractivity contribution in [2.24, 2.45) is 0 Å². The first-order chi connectivity index (χ1) is 2.50. The monoisotopic (exact) mass is 150 g/mol. The van der Waals surface area contributed by atoms with Gasteiger partial charge in [0.15, 0.2) is 0 Å². The molecule has 0 spiro atoms. The Morgan fingerprint density at radius 2 is 0.667 bits per heavy atom. The molecule has 1 rings (SSSR count). The Bertz CT molecular complexity index is 15.5. The van der Waals surface area contributed by atoms with Crippen LogP contribution in [0.5, 0.6) is 0 Å². The number of hydrogen-bond donors (Lipinski definition) is 0. The summed E-state index contributed by atoms with van der Waals surface area (Å²) in [6.45, 7) is 0. The van der Waals surface area contributed by atoms with Gasteiger partial charge in [-0.1, -0.05) is 32.1 Å². The summed E-state index contributed by atoms with van der Waals surface area (Å²) in [5, 5.41) is 0. The van der Waals surface area contributed by atoms with Crippen LogP contribution in [-0.4, -0.2) is 0 Å². The summed E-state index contributed by atoms with van der Waals surface area (Å²) in [6, 6.07) is 0. The molecule has 0 saturated heterocycles. The zero-order chi connectivity index (χ0) is 3.54. The lowest BCUT2D eigenvalue weighted by atomic mass is 10.4. The van der Waals surface area contributed by atoms with Crippen LogP contribution >= 0.6 is 17.0 Å². The van der Waals surface area contributed by atoms with E-state index in [0.29, 0.717) is 0 Å². The van der Waals surface area contributed by atoms with Gasteiger partial charge in [0.05, 0.1) is 0 Å². The maximum absolute atomic E-state index is 1.50. The van der Waals surface area contributed by atoms with Crippen molar-refractivity contribution >= 4 is 17.0 Å². The largest absolute Gasteiger partial charge is 0.114 e. The van der Waals surface area contributed by atoms with Crippen molar-refractivity contribution in [3.05, 3.63) is 0 Å². The predicted molar refractivity (Wildman–Crippen MR) is 33.4 cm³/mol. The van der Waals surface area contributed by atoms with Crippen molar-refractivity contribution < 1.29 is 0 Å². The van der Waals surface area contributed by atoms with E-state index in [0.717, 1.165) is 0 Å². The van der Waals surface area contributed by atoms with Crippen LogP contribution in [0.3, 0.4) is 0 Å². The van der Waals surface area contributed by atoms with Crippen LogP contribution in [0.15, 0.2) is 0 Å². The maximum Gasteiger partial charge on any atom is -0.0533 e. The van der Waals surface area contributed by atoms with Gasteiger partial charge in [-0.3, -0.25) is 0 Å². The first-order valence-corrected chi connectivity index (χ1v) is 2.50. The molecular weight excluding hydrogens is 140 g/mol. The van der Waals surface area contributed by atoms with Crippen molar-refractivity contribution in [2.75, 3.05) is 0 Å². The van der Waals surface area contributed by atoms with E-state index in [1.165, 1.54) is 32.1 Å². The molecule has 1 heteroatoms. The molecule has 1 aliphatic rings. The Labute approximate surface area is 49.7 Å². The van der Waals surface area contributed by atoms with Crippen molar-refractivity contribution in [1.82, 2.24) is 0 Å². The highest BCUT2D eigenvalue weighted by Crippen LogP contribution is 2.15. The van der Waals surface area contributed by atoms with Crippen molar-refractivity contribution in [3.8, 4) is 0 Å². The van der Waals surface area contributed by atoms with Gasteiger partial charge in [-0.15, -0.1) is 17.0 Å². The van der Waals surface area contributed by atoms with Gasteiger partial charge in [-0.2, -0.15) is 0 Å². The summed E-state index contributed by atoms with van der Waals surface area (Å²) in [6.07, 6.45) is 7.50. The molecular formula is C5H11Br. The fraction of sp³-hybridized carbons (Fsp3) is 1.00. The molecule has 6 heavy (non-hydrogen) atoms. The van der Waals surface area contributed by atoms with Gasteiger partial charge in [0, 0.05) is 0 Å². The molecule has 0 N–H and O–H groups in total. The van der Waals surface area contributed by atoms with Gasteiger partial charge < -0.3 is 0 Å². The number of halogens is 1. The zero-order valence-electron chi connectivity index (χ0n) is 3.94. The fourth-order valence-corrected chi connectivity index (χ4v) is 0.884. The minimum absolute atomic E-state index is 0. The number of hydrogen-bond acceptors (Lipinski definition) is 0. The smallest absolute Gasteiger partial charge is 0.0533 e. The summed E-state index contributed by atoms with van der Waals surface area (Å²) < 4.78 is 0. The Morgan fingerprint density at radius 1 is 0.500 bits per heavy atom. The molecule has 1 saturated carbocycles. The minimum atomic E-state index is 0. The maximum atomic E-state index is 1.50. The van der Waals surface area contributed by atoms with E-state index in [9.17, 15) is 0 Å². The average molecular weight is 151 g/mol. The molecule has 0 amide bonds. The lowest BCUT2D eigenvalue weighted by molar-refractivity contribution is 0.886. The molecule has 0 aromatic rings. The summed E-state index contributed by atoms with van der Waals surface area (Å²) in [5.74, 6) is 0. The van der Waals surface area contributed by atoms with Gasteiger partial charge >= 0.3 is 0 Å². The summed E-state index contributed by atoms with van der Waals surface area (Å²) >= 11 is 0. The molecule has 0 aliphatic heterocycles. The highest BCUT2D eigenvalue weighted by atomic mass is 79.9. The van der Waals surface area contributed by atoms with Crippen LogP contribution in [0, 0.1) is 0 Å². The molecule has 0 bridgehead atoms. The lowest BCUT2D eigenvalue weighted by Gasteiger charge is -1.67. The second kappa shape index (κ2) is 3.66. The SMILES string of the molecule is Br.C1CCCC1. The van der Waals surface area contributed by atoms with Crippen LogP contribution in [0.4, 0.5) is 0 Å². The molecule has 1 fully saturated rings. The Hall–Kier alpha value is 0.480. The fourth-order valence-electron chi connectivity index (χ4n) is 0.884. The first-order valence-electron chi connectivity index (χ1n) is 2.50.